The third-order valence-electron chi connectivity index (χ3n) is 3.35. The highest BCUT2D eigenvalue weighted by molar-refractivity contribution is 6.01. The molecule has 0 saturated heterocycles. The van der Waals surface area contributed by atoms with E-state index < -0.39 is 23.3 Å². The Balaban J connectivity index is 2.88. The number of aromatic carboxylic acids is 1. The summed E-state index contributed by atoms with van der Waals surface area (Å²) in [7, 11) is 1.25. The molecule has 0 N–H and O–H groups in total. The lowest BCUT2D eigenvalue weighted by atomic mass is 9.89. The van der Waals surface area contributed by atoms with E-state index in [1.807, 2.05) is 0 Å². The summed E-state index contributed by atoms with van der Waals surface area (Å²) in [5.41, 5.74) is -1.33. The number of hydrogen-bond acceptors (Lipinski definition) is 6. The molecule has 0 amide bonds. The van der Waals surface area contributed by atoms with Crippen molar-refractivity contribution < 1.29 is 29.0 Å². The molecular formula is C15H17O6-. The minimum atomic E-state index is -1.46. The fourth-order valence-electron chi connectivity index (χ4n) is 1.69. The van der Waals surface area contributed by atoms with Crippen LogP contribution in [0, 0.1) is 5.41 Å². The van der Waals surface area contributed by atoms with Gasteiger partial charge in [-0.05, 0) is 19.4 Å². The summed E-state index contributed by atoms with van der Waals surface area (Å²) in [6.45, 7) is 3.17. The van der Waals surface area contributed by atoms with E-state index in [2.05, 4.69) is 4.74 Å². The van der Waals surface area contributed by atoms with Crippen molar-refractivity contribution in [3.8, 4) is 0 Å². The maximum Gasteiger partial charge on any atom is 0.338 e. The van der Waals surface area contributed by atoms with E-state index in [-0.39, 0.29) is 17.7 Å². The Morgan fingerprint density at radius 3 is 2.24 bits per heavy atom. The van der Waals surface area contributed by atoms with Crippen LogP contribution in [0.25, 0.3) is 0 Å². The minimum Gasteiger partial charge on any atom is -0.545 e. The molecule has 1 rings (SSSR count). The lowest BCUT2D eigenvalue weighted by Gasteiger charge is -2.24. The smallest absolute Gasteiger partial charge is 0.338 e. The molecule has 6 nitrogen and oxygen atoms in total. The van der Waals surface area contributed by atoms with Crippen molar-refractivity contribution in [1.82, 2.24) is 0 Å². The van der Waals surface area contributed by atoms with Crippen molar-refractivity contribution in [3.63, 3.8) is 0 Å². The van der Waals surface area contributed by atoms with Gasteiger partial charge in [0, 0.05) is 5.56 Å². The van der Waals surface area contributed by atoms with E-state index in [1.54, 1.807) is 13.8 Å². The number of methoxy groups -OCH3 is 1. The van der Waals surface area contributed by atoms with Crippen LogP contribution in [-0.4, -0.2) is 31.6 Å². The Morgan fingerprint density at radius 2 is 1.76 bits per heavy atom. The number of carboxylic acids is 1. The number of carbonyl (C=O) groups excluding carboxylic acids is 3. The molecule has 0 fully saturated rings. The topological polar surface area (TPSA) is 92.7 Å². The van der Waals surface area contributed by atoms with Crippen LogP contribution in [0.15, 0.2) is 24.3 Å². The summed E-state index contributed by atoms with van der Waals surface area (Å²) >= 11 is 0. The molecule has 6 heteroatoms. The predicted molar refractivity (Wildman–Crippen MR) is 71.5 cm³/mol. The zero-order valence-corrected chi connectivity index (χ0v) is 12.2. The average Bonchev–Trinajstić information content (AvgIpc) is 2.51. The van der Waals surface area contributed by atoms with Gasteiger partial charge < -0.3 is 19.4 Å². The zero-order chi connectivity index (χ0) is 16.0. The fourth-order valence-corrected chi connectivity index (χ4v) is 1.69. The second-order valence-corrected chi connectivity index (χ2v) is 4.81. The Morgan fingerprint density at radius 1 is 1.19 bits per heavy atom. The van der Waals surface area contributed by atoms with E-state index in [0.717, 1.165) is 0 Å². The normalized spacial score (nSPS) is 13.1. The van der Waals surface area contributed by atoms with E-state index in [0.29, 0.717) is 6.42 Å². The molecule has 0 aliphatic rings. The van der Waals surface area contributed by atoms with Crippen LogP contribution in [0.2, 0.25) is 0 Å². The lowest BCUT2D eigenvalue weighted by molar-refractivity contribution is -0.255. The van der Waals surface area contributed by atoms with Gasteiger partial charge in [-0.3, -0.25) is 4.79 Å². The van der Waals surface area contributed by atoms with Gasteiger partial charge in [-0.2, -0.15) is 0 Å². The first-order valence-electron chi connectivity index (χ1n) is 6.41. The van der Waals surface area contributed by atoms with Crippen molar-refractivity contribution >= 4 is 17.9 Å². The number of esters is 2. The van der Waals surface area contributed by atoms with E-state index in [4.69, 9.17) is 4.74 Å². The van der Waals surface area contributed by atoms with Crippen molar-refractivity contribution in [2.75, 3.05) is 13.7 Å². The molecule has 0 radical (unpaired) electrons. The largest absolute Gasteiger partial charge is 0.545 e. The number of hydrogen-bond donors (Lipinski definition) is 0. The Labute approximate surface area is 122 Å². The Hall–Kier alpha value is -2.37. The van der Waals surface area contributed by atoms with Crippen LogP contribution < -0.4 is 5.11 Å². The van der Waals surface area contributed by atoms with E-state index in [9.17, 15) is 19.5 Å². The van der Waals surface area contributed by atoms with Gasteiger partial charge in [0.2, 0.25) is 0 Å². The highest BCUT2D eigenvalue weighted by Crippen LogP contribution is 2.24. The maximum atomic E-state index is 12.0. The highest BCUT2D eigenvalue weighted by Gasteiger charge is 2.34. The molecule has 0 aliphatic heterocycles. The minimum absolute atomic E-state index is 0.110. The standard InChI is InChI=1S/C15H18O6/c1-4-15(2,14(19)20-3)9-21-13(18)11-8-6-5-7-10(11)12(16)17/h5-8H,4,9H2,1-3H3,(H,16,17)/p-1. The van der Waals surface area contributed by atoms with Crippen LogP contribution in [0.5, 0.6) is 0 Å². The number of benzene rings is 1. The number of carbonyl (C=O) groups is 3. The summed E-state index contributed by atoms with van der Waals surface area (Å²) in [5.74, 6) is -2.78. The molecule has 0 bridgehead atoms. The molecule has 0 saturated carbocycles. The van der Waals surface area contributed by atoms with Gasteiger partial charge >= 0.3 is 11.9 Å². The molecule has 1 aromatic rings. The molecule has 1 unspecified atom stereocenters. The van der Waals surface area contributed by atoms with Gasteiger partial charge in [0.15, 0.2) is 0 Å². The summed E-state index contributed by atoms with van der Waals surface area (Å²) in [4.78, 5) is 34.6. The molecule has 0 aliphatic carbocycles. The molecule has 114 valence electrons. The zero-order valence-electron chi connectivity index (χ0n) is 12.2. The molecule has 0 aromatic heterocycles. The van der Waals surface area contributed by atoms with E-state index >= 15 is 0 Å². The van der Waals surface area contributed by atoms with Crippen LogP contribution >= 0.6 is 0 Å². The first-order chi connectivity index (χ1) is 9.85. The lowest BCUT2D eigenvalue weighted by Crippen LogP contribution is -2.34. The monoisotopic (exact) mass is 293 g/mol. The highest BCUT2D eigenvalue weighted by atomic mass is 16.5. The number of ether oxygens (including phenoxy) is 2. The van der Waals surface area contributed by atoms with Crippen molar-refractivity contribution in [3.05, 3.63) is 35.4 Å². The van der Waals surface area contributed by atoms with Gasteiger partial charge in [-0.25, -0.2) is 4.79 Å². The third kappa shape index (κ3) is 3.81. The van der Waals surface area contributed by atoms with Gasteiger partial charge in [-0.15, -0.1) is 0 Å². The second-order valence-electron chi connectivity index (χ2n) is 4.81. The SMILES string of the molecule is CCC(C)(COC(=O)c1ccccc1C(=O)[O-])C(=O)OC. The molecule has 0 spiro atoms. The molecular weight excluding hydrogens is 276 g/mol. The molecule has 0 heterocycles. The summed E-state index contributed by atoms with van der Waals surface area (Å²) in [6, 6.07) is 5.58. The van der Waals surface area contributed by atoms with Crippen molar-refractivity contribution in [2.24, 2.45) is 5.41 Å². The van der Waals surface area contributed by atoms with Crippen LogP contribution in [0.3, 0.4) is 0 Å². The summed E-state index contributed by atoms with van der Waals surface area (Å²) < 4.78 is 9.74. The van der Waals surface area contributed by atoms with Crippen molar-refractivity contribution in [2.45, 2.75) is 20.3 Å². The predicted octanol–water partition coefficient (Wildman–Crippen LogP) is 0.796. The Bertz CT molecular complexity index is 551. The second kappa shape index (κ2) is 6.88. The first kappa shape index (κ1) is 16.7. The first-order valence-corrected chi connectivity index (χ1v) is 6.41. The maximum absolute atomic E-state index is 12.0. The van der Waals surface area contributed by atoms with Gasteiger partial charge in [0.25, 0.3) is 0 Å². The summed E-state index contributed by atoms with van der Waals surface area (Å²) in [5, 5.41) is 10.9. The van der Waals surface area contributed by atoms with Crippen molar-refractivity contribution in [1.29, 1.82) is 0 Å². The Kier molecular flexibility index (Phi) is 5.46. The average molecular weight is 293 g/mol. The third-order valence-corrected chi connectivity index (χ3v) is 3.35. The van der Waals surface area contributed by atoms with Gasteiger partial charge in [-0.1, -0.05) is 25.1 Å². The van der Waals surface area contributed by atoms with Crippen LogP contribution in [0.4, 0.5) is 0 Å². The molecule has 1 atom stereocenters. The van der Waals surface area contributed by atoms with E-state index in [1.165, 1.54) is 31.4 Å². The van der Waals surface area contributed by atoms with Crippen LogP contribution in [0.1, 0.15) is 41.0 Å². The quantitative estimate of drug-likeness (QED) is 0.720. The fraction of sp³-hybridized carbons (Fsp3) is 0.400. The van der Waals surface area contributed by atoms with Gasteiger partial charge in [0.05, 0.1) is 24.1 Å². The van der Waals surface area contributed by atoms with Crippen LogP contribution in [-0.2, 0) is 14.3 Å². The number of carboxylic acid groups (broad SMARTS) is 1. The molecule has 21 heavy (non-hydrogen) atoms. The summed E-state index contributed by atoms with van der Waals surface area (Å²) in [6.07, 6.45) is 0.412. The number of rotatable bonds is 6. The molecule has 1 aromatic carbocycles. The van der Waals surface area contributed by atoms with Gasteiger partial charge in [0.1, 0.15) is 6.61 Å².